The standard InChI is InChI=1S/C19H22N6O3S/c1-14-3-4-16(11-15(14)2)25-19(26)6-5-17(22-25)23-7-9-24(10-8-23)29(27,28)18-12-20-13-21-18/h3-6,11-13H,7-10H2,1-2H3,(H,20,21). The minimum Gasteiger partial charge on any atom is -0.353 e. The highest BCUT2D eigenvalue weighted by atomic mass is 32.2. The van der Waals surface area contributed by atoms with Crippen LogP contribution in [-0.2, 0) is 10.0 Å². The number of nitrogens with zero attached hydrogens (tertiary/aromatic N) is 5. The van der Waals surface area contributed by atoms with Crippen molar-refractivity contribution in [3.8, 4) is 5.69 Å². The maximum atomic E-state index is 12.6. The topological polar surface area (TPSA) is 104 Å². The fourth-order valence-corrected chi connectivity index (χ4v) is 4.61. The van der Waals surface area contributed by atoms with E-state index in [1.54, 1.807) is 6.07 Å². The van der Waals surface area contributed by atoms with Gasteiger partial charge in [0.25, 0.3) is 15.6 Å². The SMILES string of the molecule is Cc1ccc(-n2nc(N3CCN(S(=O)(=O)c4cnc[nH]4)CC3)ccc2=O)cc1C. The molecule has 29 heavy (non-hydrogen) atoms. The quantitative estimate of drug-likeness (QED) is 0.685. The molecule has 1 aromatic carbocycles. The van der Waals surface area contributed by atoms with Crippen molar-refractivity contribution in [1.82, 2.24) is 24.1 Å². The molecule has 152 valence electrons. The van der Waals surface area contributed by atoms with Crippen molar-refractivity contribution < 1.29 is 8.42 Å². The van der Waals surface area contributed by atoms with Crippen LogP contribution in [0.1, 0.15) is 11.1 Å². The Labute approximate surface area is 168 Å². The summed E-state index contributed by atoms with van der Waals surface area (Å²) in [5.41, 5.74) is 2.73. The van der Waals surface area contributed by atoms with Crippen LogP contribution in [0.4, 0.5) is 5.82 Å². The summed E-state index contributed by atoms with van der Waals surface area (Å²) < 4.78 is 28.0. The molecule has 0 saturated carbocycles. The molecule has 0 aliphatic carbocycles. The normalized spacial score (nSPS) is 15.6. The van der Waals surface area contributed by atoms with E-state index in [2.05, 4.69) is 15.1 Å². The van der Waals surface area contributed by atoms with E-state index >= 15 is 0 Å². The first-order valence-electron chi connectivity index (χ1n) is 9.28. The lowest BCUT2D eigenvalue weighted by molar-refractivity contribution is 0.382. The molecule has 10 heteroatoms. The van der Waals surface area contributed by atoms with Gasteiger partial charge in [0, 0.05) is 32.2 Å². The van der Waals surface area contributed by atoms with Gasteiger partial charge in [-0.2, -0.15) is 8.99 Å². The molecule has 1 N–H and O–H groups in total. The minimum absolute atomic E-state index is 0.0902. The van der Waals surface area contributed by atoms with Crippen LogP contribution in [-0.4, -0.2) is 58.7 Å². The number of benzene rings is 1. The Morgan fingerprint density at radius 1 is 1.00 bits per heavy atom. The highest BCUT2D eigenvalue weighted by molar-refractivity contribution is 7.89. The first-order chi connectivity index (χ1) is 13.9. The van der Waals surface area contributed by atoms with E-state index in [0.717, 1.165) is 11.1 Å². The Bertz CT molecular complexity index is 1180. The van der Waals surface area contributed by atoms with E-state index in [0.29, 0.717) is 37.7 Å². The van der Waals surface area contributed by atoms with Crippen molar-refractivity contribution >= 4 is 15.8 Å². The van der Waals surface area contributed by atoms with Crippen molar-refractivity contribution in [3.05, 3.63) is 64.3 Å². The molecular formula is C19H22N6O3S. The van der Waals surface area contributed by atoms with Gasteiger partial charge < -0.3 is 9.88 Å². The van der Waals surface area contributed by atoms with Gasteiger partial charge in [0.2, 0.25) is 0 Å². The van der Waals surface area contributed by atoms with E-state index in [4.69, 9.17) is 0 Å². The molecule has 1 aliphatic heterocycles. The van der Waals surface area contributed by atoms with Crippen molar-refractivity contribution in [2.45, 2.75) is 18.9 Å². The van der Waals surface area contributed by atoms with Gasteiger partial charge in [-0.15, -0.1) is 5.10 Å². The van der Waals surface area contributed by atoms with Crippen LogP contribution in [0, 0.1) is 13.8 Å². The van der Waals surface area contributed by atoms with Crippen LogP contribution >= 0.6 is 0 Å². The molecule has 2 aromatic heterocycles. The van der Waals surface area contributed by atoms with Crippen LogP contribution in [0.3, 0.4) is 0 Å². The number of nitrogens with one attached hydrogen (secondary N) is 1. The first kappa shape index (κ1) is 19.3. The Morgan fingerprint density at radius 2 is 1.76 bits per heavy atom. The number of aromatic amines is 1. The average Bonchev–Trinajstić information content (AvgIpc) is 3.26. The van der Waals surface area contributed by atoms with Gasteiger partial charge in [0.15, 0.2) is 5.03 Å². The fraction of sp³-hybridized carbons (Fsp3) is 0.316. The monoisotopic (exact) mass is 414 g/mol. The zero-order valence-electron chi connectivity index (χ0n) is 16.2. The smallest absolute Gasteiger partial charge is 0.271 e. The Kier molecular flexibility index (Phi) is 4.97. The number of anilines is 1. The van der Waals surface area contributed by atoms with Crippen LogP contribution < -0.4 is 10.5 Å². The summed E-state index contributed by atoms with van der Waals surface area (Å²) in [5, 5.41) is 4.61. The maximum Gasteiger partial charge on any atom is 0.271 e. The second-order valence-corrected chi connectivity index (χ2v) is 8.92. The maximum absolute atomic E-state index is 12.6. The van der Waals surface area contributed by atoms with Gasteiger partial charge in [-0.25, -0.2) is 13.4 Å². The van der Waals surface area contributed by atoms with E-state index in [-0.39, 0.29) is 10.6 Å². The van der Waals surface area contributed by atoms with Crippen LogP contribution in [0.2, 0.25) is 0 Å². The second-order valence-electron chi connectivity index (χ2n) is 7.02. The zero-order valence-corrected chi connectivity index (χ0v) is 17.1. The van der Waals surface area contributed by atoms with Crippen molar-refractivity contribution in [1.29, 1.82) is 0 Å². The van der Waals surface area contributed by atoms with Gasteiger partial charge in [-0.1, -0.05) is 6.07 Å². The third kappa shape index (κ3) is 3.68. The number of aryl methyl sites for hydroxylation is 2. The Morgan fingerprint density at radius 3 is 2.41 bits per heavy atom. The minimum atomic E-state index is -3.58. The molecule has 0 spiro atoms. The molecule has 9 nitrogen and oxygen atoms in total. The summed E-state index contributed by atoms with van der Waals surface area (Å²) in [6.45, 7) is 5.62. The number of H-pyrrole nitrogens is 1. The Hall–Kier alpha value is -2.98. The van der Waals surface area contributed by atoms with Gasteiger partial charge in [-0.05, 0) is 43.2 Å². The number of rotatable bonds is 4. The Balaban J connectivity index is 1.55. The summed E-state index contributed by atoms with van der Waals surface area (Å²) in [6, 6.07) is 8.94. The lowest BCUT2D eigenvalue weighted by atomic mass is 10.1. The fourth-order valence-electron chi connectivity index (χ4n) is 3.29. The number of hydrogen-bond donors (Lipinski definition) is 1. The number of hydrogen-bond acceptors (Lipinski definition) is 6. The van der Waals surface area contributed by atoms with E-state index < -0.39 is 10.0 Å². The van der Waals surface area contributed by atoms with Crippen molar-refractivity contribution in [2.75, 3.05) is 31.1 Å². The van der Waals surface area contributed by atoms with Crippen LogP contribution in [0.5, 0.6) is 0 Å². The molecule has 3 aromatic rings. The molecule has 0 radical (unpaired) electrons. The lowest BCUT2D eigenvalue weighted by Gasteiger charge is -2.34. The molecular weight excluding hydrogens is 392 g/mol. The zero-order chi connectivity index (χ0) is 20.6. The van der Waals surface area contributed by atoms with Crippen molar-refractivity contribution in [2.24, 2.45) is 0 Å². The molecule has 0 bridgehead atoms. The highest BCUT2D eigenvalue weighted by Crippen LogP contribution is 2.19. The summed E-state index contributed by atoms with van der Waals surface area (Å²) >= 11 is 0. The van der Waals surface area contributed by atoms with Crippen molar-refractivity contribution in [3.63, 3.8) is 0 Å². The number of aromatic nitrogens is 4. The third-order valence-corrected chi connectivity index (χ3v) is 7.00. The molecule has 1 saturated heterocycles. The van der Waals surface area contributed by atoms with Gasteiger partial charge in [0.05, 0.1) is 18.2 Å². The van der Waals surface area contributed by atoms with Gasteiger partial charge >= 0.3 is 0 Å². The molecule has 1 fully saturated rings. The number of sulfonamides is 1. The first-order valence-corrected chi connectivity index (χ1v) is 10.7. The molecule has 1 aliphatic rings. The molecule has 0 unspecified atom stereocenters. The molecule has 0 atom stereocenters. The number of imidazole rings is 1. The second kappa shape index (κ2) is 7.45. The van der Waals surface area contributed by atoms with E-state index in [1.807, 2.05) is 36.9 Å². The molecule has 4 rings (SSSR count). The summed E-state index contributed by atoms with van der Waals surface area (Å²) in [6.07, 6.45) is 2.66. The summed E-state index contributed by atoms with van der Waals surface area (Å²) in [4.78, 5) is 20.8. The third-order valence-electron chi connectivity index (χ3n) is 5.17. The van der Waals surface area contributed by atoms with E-state index in [9.17, 15) is 13.2 Å². The molecule has 3 heterocycles. The van der Waals surface area contributed by atoms with E-state index in [1.165, 1.54) is 27.6 Å². The lowest BCUT2D eigenvalue weighted by Crippen LogP contribution is -2.49. The van der Waals surface area contributed by atoms with Crippen LogP contribution in [0.15, 0.2) is 52.7 Å². The largest absolute Gasteiger partial charge is 0.353 e. The van der Waals surface area contributed by atoms with Gasteiger partial charge in [0.1, 0.15) is 5.82 Å². The van der Waals surface area contributed by atoms with Crippen LogP contribution in [0.25, 0.3) is 5.69 Å². The number of piperazine rings is 1. The highest BCUT2D eigenvalue weighted by Gasteiger charge is 2.30. The van der Waals surface area contributed by atoms with Gasteiger partial charge in [-0.3, -0.25) is 4.79 Å². The summed E-state index contributed by atoms with van der Waals surface area (Å²) in [7, 11) is -3.58. The molecule has 0 amide bonds. The predicted octanol–water partition coefficient (Wildman–Crippen LogP) is 1.08. The predicted molar refractivity (Wildman–Crippen MR) is 109 cm³/mol. The average molecular weight is 414 g/mol. The summed E-state index contributed by atoms with van der Waals surface area (Å²) in [5.74, 6) is 0.640.